The molecular weight excluding hydrogens is 308 g/mol. The van der Waals surface area contributed by atoms with Crippen molar-refractivity contribution in [3.8, 4) is 0 Å². The highest BCUT2D eigenvalue weighted by molar-refractivity contribution is 7.17. The van der Waals surface area contributed by atoms with Gasteiger partial charge in [0.15, 0.2) is 0 Å². The molecular formula is C14H15ClN4OS. The highest BCUT2D eigenvalue weighted by atomic mass is 35.5. The second kappa shape index (κ2) is 5.91. The lowest BCUT2D eigenvalue weighted by atomic mass is 10.3. The summed E-state index contributed by atoms with van der Waals surface area (Å²) >= 11 is 7.20. The number of pyridine rings is 1. The maximum atomic E-state index is 12.3. The Labute approximate surface area is 131 Å². The van der Waals surface area contributed by atoms with Gasteiger partial charge < -0.3 is 15.5 Å². The van der Waals surface area contributed by atoms with Crippen LogP contribution in [-0.4, -0.2) is 42.0 Å². The minimum absolute atomic E-state index is 0.0526. The van der Waals surface area contributed by atoms with E-state index in [0.717, 1.165) is 18.9 Å². The number of piperazine rings is 1. The zero-order valence-corrected chi connectivity index (χ0v) is 12.9. The van der Waals surface area contributed by atoms with Crippen molar-refractivity contribution in [1.29, 1.82) is 0 Å². The lowest BCUT2D eigenvalue weighted by Gasteiger charge is -2.35. The van der Waals surface area contributed by atoms with Gasteiger partial charge in [-0.3, -0.25) is 4.79 Å². The SMILES string of the molecule is Nc1ccc(N2CCN(C(=O)c3ccc(Cl)s3)CC2)nc1. The number of amides is 1. The molecule has 2 aromatic heterocycles. The van der Waals surface area contributed by atoms with Crippen LogP contribution in [0.25, 0.3) is 0 Å². The molecule has 21 heavy (non-hydrogen) atoms. The van der Waals surface area contributed by atoms with E-state index in [-0.39, 0.29) is 5.91 Å². The number of aromatic nitrogens is 1. The number of thiophene rings is 1. The Morgan fingerprint density at radius 2 is 1.95 bits per heavy atom. The first-order valence-corrected chi connectivity index (χ1v) is 7.84. The predicted molar refractivity (Wildman–Crippen MR) is 86.1 cm³/mol. The minimum atomic E-state index is 0.0526. The third-order valence-electron chi connectivity index (χ3n) is 3.45. The summed E-state index contributed by atoms with van der Waals surface area (Å²) in [5, 5.41) is 0. The molecule has 3 rings (SSSR count). The number of anilines is 2. The lowest BCUT2D eigenvalue weighted by molar-refractivity contribution is 0.0751. The Balaban J connectivity index is 1.62. The van der Waals surface area contributed by atoms with Gasteiger partial charge in [0, 0.05) is 26.2 Å². The number of hydrogen-bond acceptors (Lipinski definition) is 5. The molecule has 1 aliphatic rings. The van der Waals surface area contributed by atoms with Crippen molar-refractivity contribution in [2.24, 2.45) is 0 Å². The molecule has 1 aliphatic heterocycles. The van der Waals surface area contributed by atoms with Crippen LogP contribution in [-0.2, 0) is 0 Å². The number of carbonyl (C=O) groups is 1. The molecule has 0 aromatic carbocycles. The standard InChI is InChI=1S/C14H15ClN4OS/c15-12-3-2-11(21-12)14(20)19-7-5-18(6-8-19)13-4-1-10(16)9-17-13/h1-4,9H,5-8,16H2. The van der Waals surface area contributed by atoms with Crippen molar-refractivity contribution in [3.63, 3.8) is 0 Å². The molecule has 2 N–H and O–H groups in total. The second-order valence-electron chi connectivity index (χ2n) is 4.83. The van der Waals surface area contributed by atoms with Gasteiger partial charge in [0.25, 0.3) is 5.91 Å². The van der Waals surface area contributed by atoms with Crippen LogP contribution in [0.3, 0.4) is 0 Å². The molecule has 0 spiro atoms. The van der Waals surface area contributed by atoms with Crippen molar-refractivity contribution in [1.82, 2.24) is 9.88 Å². The summed E-state index contributed by atoms with van der Waals surface area (Å²) in [5.41, 5.74) is 6.30. The van der Waals surface area contributed by atoms with E-state index in [0.29, 0.717) is 28.0 Å². The van der Waals surface area contributed by atoms with E-state index >= 15 is 0 Å². The van der Waals surface area contributed by atoms with Crippen LogP contribution in [0, 0.1) is 0 Å². The fourth-order valence-electron chi connectivity index (χ4n) is 2.31. The Hall–Kier alpha value is -1.79. The molecule has 1 fully saturated rings. The van der Waals surface area contributed by atoms with Gasteiger partial charge in [-0.05, 0) is 24.3 Å². The van der Waals surface area contributed by atoms with E-state index in [1.807, 2.05) is 17.0 Å². The van der Waals surface area contributed by atoms with Crippen LogP contribution in [0.1, 0.15) is 9.67 Å². The third kappa shape index (κ3) is 3.11. The number of rotatable bonds is 2. The van der Waals surface area contributed by atoms with Gasteiger partial charge in [0.05, 0.1) is 21.1 Å². The molecule has 0 unspecified atom stereocenters. The van der Waals surface area contributed by atoms with Gasteiger partial charge in [-0.1, -0.05) is 11.6 Å². The van der Waals surface area contributed by atoms with Crippen molar-refractivity contribution in [2.75, 3.05) is 36.8 Å². The van der Waals surface area contributed by atoms with Crippen molar-refractivity contribution in [3.05, 3.63) is 39.7 Å². The minimum Gasteiger partial charge on any atom is -0.397 e. The number of hydrogen-bond donors (Lipinski definition) is 1. The van der Waals surface area contributed by atoms with Crippen LogP contribution in [0.5, 0.6) is 0 Å². The van der Waals surface area contributed by atoms with E-state index in [4.69, 9.17) is 17.3 Å². The number of nitrogens with zero attached hydrogens (tertiary/aromatic N) is 3. The Kier molecular flexibility index (Phi) is 3.98. The van der Waals surface area contributed by atoms with Gasteiger partial charge in [0.1, 0.15) is 5.82 Å². The topological polar surface area (TPSA) is 62.5 Å². The van der Waals surface area contributed by atoms with Gasteiger partial charge in [0.2, 0.25) is 0 Å². The maximum absolute atomic E-state index is 12.3. The molecule has 0 atom stereocenters. The van der Waals surface area contributed by atoms with Crippen molar-refractivity contribution in [2.45, 2.75) is 0 Å². The number of carbonyl (C=O) groups excluding carboxylic acids is 1. The number of nitrogens with two attached hydrogens (primary N) is 1. The fourth-order valence-corrected chi connectivity index (χ4v) is 3.32. The first kappa shape index (κ1) is 14.2. The monoisotopic (exact) mass is 322 g/mol. The molecule has 1 saturated heterocycles. The highest BCUT2D eigenvalue weighted by Gasteiger charge is 2.23. The summed E-state index contributed by atoms with van der Waals surface area (Å²) in [6.07, 6.45) is 1.65. The molecule has 0 aliphatic carbocycles. The van der Waals surface area contributed by atoms with Gasteiger partial charge in [-0.25, -0.2) is 4.98 Å². The van der Waals surface area contributed by atoms with Crippen LogP contribution >= 0.6 is 22.9 Å². The fraction of sp³-hybridized carbons (Fsp3) is 0.286. The summed E-state index contributed by atoms with van der Waals surface area (Å²) in [6.45, 7) is 2.89. The summed E-state index contributed by atoms with van der Waals surface area (Å²) < 4.78 is 0.642. The molecule has 110 valence electrons. The van der Waals surface area contributed by atoms with E-state index in [2.05, 4.69) is 9.88 Å². The molecule has 3 heterocycles. The van der Waals surface area contributed by atoms with Crippen LogP contribution in [0.15, 0.2) is 30.5 Å². The van der Waals surface area contributed by atoms with Crippen molar-refractivity contribution >= 4 is 40.4 Å². The molecule has 0 radical (unpaired) electrons. The zero-order chi connectivity index (χ0) is 14.8. The normalized spacial score (nSPS) is 15.3. The largest absolute Gasteiger partial charge is 0.397 e. The molecule has 0 bridgehead atoms. The van der Waals surface area contributed by atoms with E-state index in [9.17, 15) is 4.79 Å². The lowest BCUT2D eigenvalue weighted by Crippen LogP contribution is -2.48. The van der Waals surface area contributed by atoms with E-state index < -0.39 is 0 Å². The number of halogens is 1. The van der Waals surface area contributed by atoms with Crippen LogP contribution in [0.2, 0.25) is 4.34 Å². The first-order chi connectivity index (χ1) is 10.1. The van der Waals surface area contributed by atoms with Gasteiger partial charge in [-0.2, -0.15) is 0 Å². The smallest absolute Gasteiger partial charge is 0.264 e. The van der Waals surface area contributed by atoms with E-state index in [1.165, 1.54) is 11.3 Å². The van der Waals surface area contributed by atoms with Gasteiger partial charge >= 0.3 is 0 Å². The molecule has 2 aromatic rings. The summed E-state index contributed by atoms with van der Waals surface area (Å²) in [4.78, 5) is 21.4. The quantitative estimate of drug-likeness (QED) is 0.922. The van der Waals surface area contributed by atoms with Crippen molar-refractivity contribution < 1.29 is 4.79 Å². The second-order valence-corrected chi connectivity index (χ2v) is 6.55. The molecule has 0 saturated carbocycles. The number of nitrogen functional groups attached to an aromatic ring is 1. The molecule has 1 amide bonds. The first-order valence-electron chi connectivity index (χ1n) is 6.64. The molecule has 7 heteroatoms. The Morgan fingerprint density at radius 3 is 2.52 bits per heavy atom. The maximum Gasteiger partial charge on any atom is 0.264 e. The average molecular weight is 323 g/mol. The highest BCUT2D eigenvalue weighted by Crippen LogP contribution is 2.23. The zero-order valence-electron chi connectivity index (χ0n) is 11.3. The predicted octanol–water partition coefficient (Wildman–Crippen LogP) is 2.34. The molecule has 5 nitrogen and oxygen atoms in total. The summed E-state index contributed by atoms with van der Waals surface area (Å²) in [7, 11) is 0. The summed E-state index contributed by atoms with van der Waals surface area (Å²) in [6, 6.07) is 7.29. The Morgan fingerprint density at radius 1 is 1.19 bits per heavy atom. The van der Waals surface area contributed by atoms with E-state index in [1.54, 1.807) is 18.3 Å². The van der Waals surface area contributed by atoms with Crippen LogP contribution < -0.4 is 10.6 Å². The summed E-state index contributed by atoms with van der Waals surface area (Å²) in [5.74, 6) is 0.951. The van der Waals surface area contributed by atoms with Crippen LogP contribution in [0.4, 0.5) is 11.5 Å². The third-order valence-corrected chi connectivity index (χ3v) is 4.66. The van der Waals surface area contributed by atoms with Gasteiger partial charge in [-0.15, -0.1) is 11.3 Å². The average Bonchev–Trinajstić information content (AvgIpc) is 2.94. The Bertz CT molecular complexity index is 635.